The molecule has 1 aliphatic carbocycles. The van der Waals surface area contributed by atoms with Gasteiger partial charge in [0.05, 0.1) is 15.2 Å². The molecule has 4 rings (SSSR count). The predicted octanol–water partition coefficient (Wildman–Crippen LogP) is 4.32. The molecule has 1 aromatic carbocycles. The fourth-order valence-corrected chi connectivity index (χ4v) is 6.33. The molecular formula is C21H22BrN5O6S. The summed E-state index contributed by atoms with van der Waals surface area (Å²) in [7, 11) is -3.99. The molecule has 11 nitrogen and oxygen atoms in total. The second-order valence-corrected chi connectivity index (χ2v) is 11.1. The van der Waals surface area contributed by atoms with Gasteiger partial charge in [0.15, 0.2) is 5.65 Å². The molecule has 2 heterocycles. The molecule has 1 aliphatic rings. The van der Waals surface area contributed by atoms with Crippen molar-refractivity contribution in [3.05, 3.63) is 57.3 Å². The van der Waals surface area contributed by atoms with Crippen molar-refractivity contribution in [1.82, 2.24) is 14.3 Å². The summed E-state index contributed by atoms with van der Waals surface area (Å²) in [6.07, 6.45) is 3.52. The monoisotopic (exact) mass is 551 g/mol. The van der Waals surface area contributed by atoms with Crippen molar-refractivity contribution < 1.29 is 23.2 Å². The number of nitro groups is 1. The summed E-state index contributed by atoms with van der Waals surface area (Å²) in [5, 5.41) is 26.9. The summed E-state index contributed by atoms with van der Waals surface area (Å²) in [5.74, 6) is 0. The van der Waals surface area contributed by atoms with Crippen LogP contribution in [0.25, 0.3) is 11.0 Å². The molecule has 0 radical (unpaired) electrons. The average Bonchev–Trinajstić information content (AvgIpc) is 3.13. The molecule has 180 valence electrons. The number of halogens is 1. The average molecular weight is 552 g/mol. The molecule has 1 saturated carbocycles. The van der Waals surface area contributed by atoms with Gasteiger partial charge in [-0.1, -0.05) is 18.2 Å². The van der Waals surface area contributed by atoms with E-state index >= 15 is 0 Å². The minimum atomic E-state index is -3.99. The Labute approximate surface area is 203 Å². The van der Waals surface area contributed by atoms with Crippen LogP contribution >= 0.6 is 15.9 Å². The number of benzene rings is 1. The highest BCUT2D eigenvalue weighted by Crippen LogP contribution is 2.40. The number of hydrogen-bond acceptors (Lipinski definition) is 7. The Kier molecular flexibility index (Phi) is 6.25. The Bertz CT molecular complexity index is 1370. The van der Waals surface area contributed by atoms with Gasteiger partial charge in [0, 0.05) is 22.3 Å². The van der Waals surface area contributed by atoms with Crippen LogP contribution in [-0.4, -0.2) is 45.1 Å². The van der Waals surface area contributed by atoms with Crippen LogP contribution in [0.3, 0.4) is 0 Å². The maximum absolute atomic E-state index is 13.2. The van der Waals surface area contributed by atoms with E-state index in [1.807, 2.05) is 6.92 Å². The fraction of sp³-hybridized carbons (Fsp3) is 0.333. The zero-order valence-electron chi connectivity index (χ0n) is 18.1. The van der Waals surface area contributed by atoms with Crippen molar-refractivity contribution in [2.45, 2.75) is 49.1 Å². The molecule has 34 heavy (non-hydrogen) atoms. The van der Waals surface area contributed by atoms with E-state index in [1.165, 1.54) is 18.3 Å². The minimum absolute atomic E-state index is 0.0528. The summed E-state index contributed by atoms with van der Waals surface area (Å²) >= 11 is 3.36. The highest BCUT2D eigenvalue weighted by molar-refractivity contribution is 9.10. The normalized spacial score (nSPS) is 20.7. The first-order valence-electron chi connectivity index (χ1n) is 10.4. The highest BCUT2D eigenvalue weighted by Gasteiger charge is 2.34. The van der Waals surface area contributed by atoms with Crippen LogP contribution in [0, 0.1) is 10.1 Å². The molecule has 0 bridgehead atoms. The third-order valence-corrected chi connectivity index (χ3v) is 8.33. The molecule has 2 aromatic heterocycles. The summed E-state index contributed by atoms with van der Waals surface area (Å²) in [6, 6.07) is 7.67. The molecule has 0 aliphatic heterocycles. The maximum atomic E-state index is 13.2. The van der Waals surface area contributed by atoms with Gasteiger partial charge in [-0.3, -0.25) is 10.1 Å². The van der Waals surface area contributed by atoms with Crippen molar-refractivity contribution >= 4 is 54.5 Å². The minimum Gasteiger partial charge on any atom is -0.465 e. The van der Waals surface area contributed by atoms with Gasteiger partial charge in [-0.15, -0.1) is 0 Å². The van der Waals surface area contributed by atoms with Crippen molar-refractivity contribution in [2.24, 2.45) is 0 Å². The number of hydrogen-bond donors (Lipinski definition) is 3. The predicted molar refractivity (Wildman–Crippen MR) is 129 cm³/mol. The molecule has 0 saturated heterocycles. The van der Waals surface area contributed by atoms with E-state index in [0.29, 0.717) is 30.2 Å². The number of nitrogens with one attached hydrogen (secondary N) is 2. The Morgan fingerprint density at radius 1 is 1.29 bits per heavy atom. The van der Waals surface area contributed by atoms with E-state index in [4.69, 9.17) is 5.11 Å². The molecule has 3 aromatic rings. The molecule has 13 heteroatoms. The number of rotatable bonds is 6. The van der Waals surface area contributed by atoms with Crippen LogP contribution in [0.5, 0.6) is 0 Å². The Hall–Kier alpha value is -3.19. The van der Waals surface area contributed by atoms with Gasteiger partial charge >= 0.3 is 11.8 Å². The molecule has 1 fully saturated rings. The van der Waals surface area contributed by atoms with Crippen molar-refractivity contribution in [1.29, 1.82) is 0 Å². The van der Waals surface area contributed by atoms with Gasteiger partial charge in [-0.2, -0.15) is 0 Å². The number of amides is 1. The first-order valence-corrected chi connectivity index (χ1v) is 12.7. The lowest BCUT2D eigenvalue weighted by Gasteiger charge is -2.37. The van der Waals surface area contributed by atoms with Gasteiger partial charge in [0.2, 0.25) is 0 Å². The molecule has 0 unspecified atom stereocenters. The molecule has 3 N–H and O–H groups in total. The van der Waals surface area contributed by atoms with Crippen LogP contribution in [-0.2, 0) is 10.0 Å². The highest BCUT2D eigenvalue weighted by atomic mass is 79.9. The van der Waals surface area contributed by atoms with Crippen molar-refractivity contribution in [3.63, 3.8) is 0 Å². The van der Waals surface area contributed by atoms with E-state index in [1.54, 1.807) is 18.2 Å². The summed E-state index contributed by atoms with van der Waals surface area (Å²) in [6.45, 7) is 1.83. The SMILES string of the molecule is CC1(NC(=O)O)CCC(Nc2c([N+](=O)[O-])cnc3c2c(Br)cn3S(=O)(=O)c2ccccc2)CC1. The van der Waals surface area contributed by atoms with E-state index in [0.717, 1.165) is 10.2 Å². The van der Waals surface area contributed by atoms with Gasteiger partial charge in [-0.25, -0.2) is 22.2 Å². The molecule has 1 amide bonds. The smallest absolute Gasteiger partial charge is 0.405 e. The number of anilines is 1. The number of carboxylic acid groups (broad SMARTS) is 1. The largest absolute Gasteiger partial charge is 0.465 e. The van der Waals surface area contributed by atoms with Crippen molar-refractivity contribution in [2.75, 3.05) is 5.32 Å². The Balaban J connectivity index is 1.74. The first kappa shape index (κ1) is 24.0. The second-order valence-electron chi connectivity index (χ2n) is 8.47. The van der Waals surface area contributed by atoms with Crippen LogP contribution in [0.4, 0.5) is 16.2 Å². The van der Waals surface area contributed by atoms with Gasteiger partial charge in [0.1, 0.15) is 11.9 Å². The topological polar surface area (TPSA) is 156 Å². The lowest BCUT2D eigenvalue weighted by atomic mass is 9.81. The number of pyridine rings is 1. The maximum Gasteiger partial charge on any atom is 0.405 e. The summed E-state index contributed by atoms with van der Waals surface area (Å²) in [4.78, 5) is 26.5. The van der Waals surface area contributed by atoms with Crippen LogP contribution < -0.4 is 10.6 Å². The van der Waals surface area contributed by atoms with Crippen molar-refractivity contribution in [3.8, 4) is 0 Å². The molecular weight excluding hydrogens is 530 g/mol. The van der Waals surface area contributed by atoms with E-state index in [-0.39, 0.29) is 33.3 Å². The van der Waals surface area contributed by atoms with E-state index in [9.17, 15) is 23.3 Å². The first-order chi connectivity index (χ1) is 16.0. The Morgan fingerprint density at radius 2 is 1.94 bits per heavy atom. The summed E-state index contributed by atoms with van der Waals surface area (Å²) < 4.78 is 27.8. The number of fused-ring (bicyclic) bond motifs is 1. The number of carbonyl (C=O) groups is 1. The third kappa shape index (κ3) is 4.44. The standard InChI is InChI=1S/C21H22BrN5O6S/c1-21(25-20(28)29)9-7-13(8-10-21)24-18-16(27(30)31)11-23-19-17(18)15(22)12-26(19)34(32,33)14-5-3-2-4-6-14/h2-6,11-13,25H,7-10H2,1H3,(H,23,24)(H,28,29). The quantitative estimate of drug-likeness (QED) is 0.301. The lowest BCUT2D eigenvalue weighted by Crippen LogP contribution is -2.49. The fourth-order valence-electron chi connectivity index (χ4n) is 4.27. The van der Waals surface area contributed by atoms with Gasteiger partial charge in [0.25, 0.3) is 10.0 Å². The Morgan fingerprint density at radius 3 is 2.53 bits per heavy atom. The summed E-state index contributed by atoms with van der Waals surface area (Å²) in [5.41, 5.74) is -0.627. The van der Waals surface area contributed by atoms with E-state index < -0.39 is 26.6 Å². The second kappa shape index (κ2) is 8.87. The van der Waals surface area contributed by atoms with Crippen LogP contribution in [0.1, 0.15) is 32.6 Å². The van der Waals surface area contributed by atoms with E-state index in [2.05, 4.69) is 31.5 Å². The van der Waals surface area contributed by atoms with Crippen LogP contribution in [0.15, 0.2) is 52.1 Å². The number of nitrogens with zero attached hydrogens (tertiary/aromatic N) is 3. The van der Waals surface area contributed by atoms with Gasteiger partial charge in [-0.05, 0) is 60.7 Å². The molecule has 0 spiro atoms. The van der Waals surface area contributed by atoms with Gasteiger partial charge < -0.3 is 15.7 Å². The zero-order chi connectivity index (χ0) is 24.7. The molecule has 0 atom stereocenters. The third-order valence-electron chi connectivity index (χ3n) is 6.06. The zero-order valence-corrected chi connectivity index (χ0v) is 20.5. The number of aromatic nitrogens is 2. The van der Waals surface area contributed by atoms with Crippen LogP contribution in [0.2, 0.25) is 0 Å². The lowest BCUT2D eigenvalue weighted by molar-refractivity contribution is -0.384.